The summed E-state index contributed by atoms with van der Waals surface area (Å²) in [6.45, 7) is 2.14. The molecule has 0 saturated carbocycles. The van der Waals surface area contributed by atoms with Gasteiger partial charge in [0.1, 0.15) is 5.69 Å². The van der Waals surface area contributed by atoms with E-state index in [0.29, 0.717) is 5.65 Å². The van der Waals surface area contributed by atoms with E-state index in [2.05, 4.69) is 49.7 Å². The fourth-order valence-electron chi connectivity index (χ4n) is 3.36. The van der Waals surface area contributed by atoms with Crippen molar-refractivity contribution in [3.05, 3.63) is 66.9 Å². The molecule has 1 atom stereocenters. The Morgan fingerprint density at radius 3 is 2.78 bits per heavy atom. The van der Waals surface area contributed by atoms with Crippen molar-refractivity contribution in [3.8, 4) is 11.4 Å². The molecule has 0 N–H and O–H groups in total. The first kappa shape index (κ1) is 15.6. The van der Waals surface area contributed by atoms with Crippen LogP contribution in [0.5, 0.6) is 0 Å². The Labute approximate surface area is 155 Å². The van der Waals surface area contributed by atoms with E-state index >= 15 is 0 Å². The number of hydrogen-bond acceptors (Lipinski definition) is 5. The van der Waals surface area contributed by atoms with E-state index in [4.69, 9.17) is 4.98 Å². The van der Waals surface area contributed by atoms with Gasteiger partial charge >= 0.3 is 0 Å². The molecule has 0 fully saturated rings. The van der Waals surface area contributed by atoms with Crippen LogP contribution >= 0.6 is 0 Å². The van der Waals surface area contributed by atoms with Gasteiger partial charge in [-0.15, -0.1) is 0 Å². The van der Waals surface area contributed by atoms with Crippen LogP contribution in [0, 0.1) is 0 Å². The molecule has 0 saturated heterocycles. The van der Waals surface area contributed by atoms with Gasteiger partial charge in [-0.05, 0) is 36.8 Å². The maximum absolute atomic E-state index is 4.81. The smallest absolute Gasteiger partial charge is 0.197 e. The fraction of sp³-hybridized carbons (Fsp3) is 0.150. The zero-order chi connectivity index (χ0) is 18.4. The molecule has 5 aromatic rings. The SMILES string of the molecule is CC(c1ccc2ncccc2c1)n1cnc2ncc(-c3ccnn3C)nc21. The molecular weight excluding hydrogens is 338 g/mol. The summed E-state index contributed by atoms with van der Waals surface area (Å²) in [4.78, 5) is 18.1. The lowest BCUT2D eigenvalue weighted by molar-refractivity contribution is 0.653. The summed E-state index contributed by atoms with van der Waals surface area (Å²) in [5.74, 6) is 0. The summed E-state index contributed by atoms with van der Waals surface area (Å²) >= 11 is 0. The van der Waals surface area contributed by atoms with E-state index in [1.807, 2.05) is 31.4 Å². The largest absolute Gasteiger partial charge is 0.307 e. The molecular formula is C20H17N7. The van der Waals surface area contributed by atoms with Crippen LogP contribution in [0.3, 0.4) is 0 Å². The van der Waals surface area contributed by atoms with Gasteiger partial charge in [-0.2, -0.15) is 5.10 Å². The van der Waals surface area contributed by atoms with Crippen LogP contribution < -0.4 is 0 Å². The number of aromatic nitrogens is 7. The van der Waals surface area contributed by atoms with Gasteiger partial charge in [0.2, 0.25) is 0 Å². The third-order valence-electron chi connectivity index (χ3n) is 4.89. The van der Waals surface area contributed by atoms with Crippen LogP contribution in [0.1, 0.15) is 18.5 Å². The molecule has 1 aromatic carbocycles. The average molecular weight is 355 g/mol. The monoisotopic (exact) mass is 355 g/mol. The third kappa shape index (κ3) is 2.55. The Kier molecular flexibility index (Phi) is 3.46. The van der Waals surface area contributed by atoms with Crippen LogP contribution in [-0.4, -0.2) is 34.3 Å². The van der Waals surface area contributed by atoms with E-state index in [1.54, 1.807) is 23.4 Å². The Hall–Kier alpha value is -3.61. The second-order valence-electron chi connectivity index (χ2n) is 6.53. The third-order valence-corrected chi connectivity index (χ3v) is 4.89. The standard InChI is InChI=1S/C20H17N7/c1-13(14-5-6-16-15(10-14)4-3-8-21-16)27-12-23-19-20(27)25-17(11-22-19)18-7-9-24-26(18)2/h3-13H,1-2H3. The average Bonchev–Trinajstić information content (AvgIpc) is 3.32. The second-order valence-corrected chi connectivity index (χ2v) is 6.53. The van der Waals surface area contributed by atoms with Crippen molar-refractivity contribution in [3.63, 3.8) is 0 Å². The number of imidazole rings is 1. The molecule has 4 heterocycles. The molecule has 1 unspecified atom stereocenters. The molecule has 5 rings (SSSR count). The second kappa shape index (κ2) is 5.98. The number of pyridine rings is 1. The highest BCUT2D eigenvalue weighted by molar-refractivity contribution is 5.79. The highest BCUT2D eigenvalue weighted by Crippen LogP contribution is 2.25. The summed E-state index contributed by atoms with van der Waals surface area (Å²) in [7, 11) is 1.89. The Bertz CT molecular complexity index is 1270. The molecule has 0 bridgehead atoms. The molecule has 0 radical (unpaired) electrons. The minimum absolute atomic E-state index is 0.0655. The zero-order valence-electron chi connectivity index (χ0n) is 15.0. The lowest BCUT2D eigenvalue weighted by Gasteiger charge is -2.15. The molecule has 7 nitrogen and oxygen atoms in total. The van der Waals surface area contributed by atoms with E-state index in [0.717, 1.165) is 27.9 Å². The molecule has 7 heteroatoms. The number of fused-ring (bicyclic) bond motifs is 2. The highest BCUT2D eigenvalue weighted by atomic mass is 15.3. The highest BCUT2D eigenvalue weighted by Gasteiger charge is 2.16. The normalized spacial score (nSPS) is 12.7. The summed E-state index contributed by atoms with van der Waals surface area (Å²) in [6.07, 6.45) is 7.10. The van der Waals surface area contributed by atoms with Gasteiger partial charge in [-0.25, -0.2) is 15.0 Å². The number of aryl methyl sites for hydroxylation is 1. The zero-order valence-corrected chi connectivity index (χ0v) is 15.0. The van der Waals surface area contributed by atoms with Crippen molar-refractivity contribution in [2.45, 2.75) is 13.0 Å². The number of nitrogens with zero attached hydrogens (tertiary/aromatic N) is 7. The fourth-order valence-corrected chi connectivity index (χ4v) is 3.36. The number of hydrogen-bond donors (Lipinski definition) is 0. The molecule has 0 aliphatic rings. The molecule has 4 aromatic heterocycles. The summed E-state index contributed by atoms with van der Waals surface area (Å²) in [6, 6.07) is 12.3. The van der Waals surface area contributed by atoms with Crippen LogP contribution in [-0.2, 0) is 7.05 Å². The van der Waals surface area contributed by atoms with Gasteiger partial charge in [0, 0.05) is 24.8 Å². The van der Waals surface area contributed by atoms with Gasteiger partial charge in [-0.1, -0.05) is 12.1 Å². The van der Waals surface area contributed by atoms with Crippen molar-refractivity contribution >= 4 is 22.2 Å². The first-order valence-corrected chi connectivity index (χ1v) is 8.73. The van der Waals surface area contributed by atoms with Gasteiger partial charge in [0.05, 0.1) is 29.8 Å². The lowest BCUT2D eigenvalue weighted by Crippen LogP contribution is -2.07. The Balaban J connectivity index is 1.61. The first-order valence-electron chi connectivity index (χ1n) is 8.73. The van der Waals surface area contributed by atoms with Crippen molar-refractivity contribution in [2.24, 2.45) is 7.05 Å². The van der Waals surface area contributed by atoms with E-state index < -0.39 is 0 Å². The van der Waals surface area contributed by atoms with E-state index in [-0.39, 0.29) is 6.04 Å². The van der Waals surface area contributed by atoms with Crippen LogP contribution in [0.2, 0.25) is 0 Å². The molecule has 132 valence electrons. The van der Waals surface area contributed by atoms with Crippen molar-refractivity contribution in [2.75, 3.05) is 0 Å². The van der Waals surface area contributed by atoms with Crippen LogP contribution in [0.15, 0.2) is 61.3 Å². The Morgan fingerprint density at radius 1 is 1.00 bits per heavy atom. The quantitative estimate of drug-likeness (QED) is 0.496. The van der Waals surface area contributed by atoms with E-state index in [1.165, 1.54) is 5.56 Å². The molecule has 0 amide bonds. The number of rotatable bonds is 3. The molecule has 0 spiro atoms. The predicted octanol–water partition coefficient (Wildman–Crippen LogP) is 3.38. The minimum Gasteiger partial charge on any atom is -0.307 e. The lowest BCUT2D eigenvalue weighted by atomic mass is 10.1. The van der Waals surface area contributed by atoms with Crippen LogP contribution in [0.4, 0.5) is 0 Å². The number of benzene rings is 1. The summed E-state index contributed by atoms with van der Waals surface area (Å²) in [5.41, 5.74) is 5.24. The van der Waals surface area contributed by atoms with E-state index in [9.17, 15) is 0 Å². The maximum atomic E-state index is 4.81. The molecule has 27 heavy (non-hydrogen) atoms. The molecule has 0 aliphatic carbocycles. The predicted molar refractivity (Wildman–Crippen MR) is 103 cm³/mol. The van der Waals surface area contributed by atoms with Gasteiger partial charge < -0.3 is 4.57 Å². The van der Waals surface area contributed by atoms with Gasteiger partial charge in [-0.3, -0.25) is 9.67 Å². The van der Waals surface area contributed by atoms with Crippen molar-refractivity contribution < 1.29 is 0 Å². The van der Waals surface area contributed by atoms with Gasteiger partial charge in [0.15, 0.2) is 11.3 Å². The Morgan fingerprint density at radius 2 is 1.93 bits per heavy atom. The minimum atomic E-state index is 0.0655. The van der Waals surface area contributed by atoms with Crippen molar-refractivity contribution in [1.29, 1.82) is 0 Å². The first-order chi connectivity index (χ1) is 13.2. The maximum Gasteiger partial charge on any atom is 0.197 e. The molecule has 0 aliphatic heterocycles. The topological polar surface area (TPSA) is 74.3 Å². The van der Waals surface area contributed by atoms with Crippen LogP contribution in [0.25, 0.3) is 33.6 Å². The summed E-state index contributed by atoms with van der Waals surface area (Å²) in [5, 5.41) is 5.33. The van der Waals surface area contributed by atoms with Gasteiger partial charge in [0.25, 0.3) is 0 Å². The van der Waals surface area contributed by atoms with Crippen molar-refractivity contribution in [1.82, 2.24) is 34.3 Å². The summed E-state index contributed by atoms with van der Waals surface area (Å²) < 4.78 is 3.84.